The second-order valence-corrected chi connectivity index (χ2v) is 4.64. The molecular weight excluding hydrogens is 212 g/mol. The summed E-state index contributed by atoms with van der Waals surface area (Å²) in [5.41, 5.74) is 0.687. The first-order chi connectivity index (χ1) is 8.29. The van der Waals surface area contributed by atoms with Crippen LogP contribution >= 0.6 is 0 Å². The van der Waals surface area contributed by atoms with Crippen LogP contribution in [0.3, 0.4) is 0 Å². The number of hydrogen-bond acceptors (Lipinski definition) is 2. The molecule has 1 aliphatic heterocycles. The summed E-state index contributed by atoms with van der Waals surface area (Å²) >= 11 is 0. The minimum atomic E-state index is -0.419. The third-order valence-corrected chi connectivity index (χ3v) is 3.84. The maximum Gasteiger partial charge on any atom is 0.317 e. The van der Waals surface area contributed by atoms with Crippen LogP contribution in [-0.2, 0) is 9.53 Å². The predicted octanol–water partition coefficient (Wildman–Crippen LogP) is 2.68. The van der Waals surface area contributed by atoms with Gasteiger partial charge < -0.3 is 4.74 Å². The lowest BCUT2D eigenvalue weighted by molar-refractivity contribution is -0.143. The summed E-state index contributed by atoms with van der Waals surface area (Å²) in [4.78, 5) is 11.8. The van der Waals surface area contributed by atoms with Gasteiger partial charge in [-0.05, 0) is 5.56 Å². The number of carbonyl (C=O) groups is 1. The molecule has 2 fully saturated rings. The van der Waals surface area contributed by atoms with E-state index in [4.69, 9.17) is 4.74 Å². The van der Waals surface area contributed by atoms with E-state index in [9.17, 15) is 4.79 Å². The van der Waals surface area contributed by atoms with Crippen LogP contribution in [0.4, 0.5) is 0 Å². The summed E-state index contributed by atoms with van der Waals surface area (Å²) in [5.74, 6) is 0.454. The molecule has 1 heterocycles. The first-order valence-electron chi connectivity index (χ1n) is 5.83. The molecule has 1 aromatic rings. The molecule has 1 aliphatic carbocycles. The van der Waals surface area contributed by atoms with E-state index in [-0.39, 0.29) is 11.9 Å². The van der Waals surface area contributed by atoms with Crippen molar-refractivity contribution in [1.82, 2.24) is 0 Å². The predicted molar refractivity (Wildman–Crippen MR) is 66.0 cm³/mol. The summed E-state index contributed by atoms with van der Waals surface area (Å²) in [6, 6.07) is 9.99. The van der Waals surface area contributed by atoms with Crippen molar-refractivity contribution in [3.8, 4) is 0 Å². The highest BCUT2D eigenvalue weighted by Gasteiger charge is 2.71. The average Bonchev–Trinajstić information content (AvgIpc) is 2.91. The molecule has 2 nitrogen and oxygen atoms in total. The minimum Gasteiger partial charge on any atom is -0.465 e. The van der Waals surface area contributed by atoms with E-state index in [0.29, 0.717) is 12.5 Å². The van der Waals surface area contributed by atoms with Gasteiger partial charge in [-0.1, -0.05) is 48.6 Å². The quantitative estimate of drug-likeness (QED) is 0.585. The van der Waals surface area contributed by atoms with Crippen LogP contribution in [0, 0.1) is 17.3 Å². The molecule has 0 aromatic heterocycles. The average molecular weight is 226 g/mol. The third-order valence-electron chi connectivity index (χ3n) is 3.84. The molecule has 1 saturated carbocycles. The number of ether oxygens (including phenoxy) is 1. The second kappa shape index (κ2) is 3.59. The van der Waals surface area contributed by atoms with E-state index in [0.717, 1.165) is 5.56 Å². The van der Waals surface area contributed by atoms with Gasteiger partial charge in [0.25, 0.3) is 0 Å². The van der Waals surface area contributed by atoms with Crippen molar-refractivity contribution >= 4 is 12.0 Å². The van der Waals surface area contributed by atoms with Gasteiger partial charge in [-0.3, -0.25) is 4.79 Å². The number of carbonyl (C=O) groups excluding carboxylic acids is 1. The Morgan fingerprint density at radius 2 is 2.12 bits per heavy atom. The van der Waals surface area contributed by atoms with Crippen LogP contribution in [0.25, 0.3) is 6.08 Å². The van der Waals surface area contributed by atoms with Crippen LogP contribution in [0.5, 0.6) is 0 Å². The first kappa shape index (κ1) is 10.3. The Morgan fingerprint density at radius 3 is 2.76 bits per heavy atom. The van der Waals surface area contributed by atoms with E-state index >= 15 is 0 Å². The van der Waals surface area contributed by atoms with Gasteiger partial charge in [0.05, 0.1) is 12.0 Å². The summed E-state index contributed by atoms with van der Waals surface area (Å²) < 4.78 is 5.10. The Morgan fingerprint density at radius 1 is 1.35 bits per heavy atom. The summed E-state index contributed by atoms with van der Waals surface area (Å²) in [5, 5.41) is 0. The van der Waals surface area contributed by atoms with Crippen LogP contribution in [-0.4, -0.2) is 12.6 Å². The highest BCUT2D eigenvalue weighted by Crippen LogP contribution is 2.64. The molecule has 1 saturated heterocycles. The molecule has 3 atom stereocenters. The molecule has 1 aromatic carbocycles. The molecule has 86 valence electrons. The molecule has 0 N–H and O–H groups in total. The number of rotatable bonds is 3. The molecule has 2 heteroatoms. The Balaban J connectivity index is 1.88. The maximum atomic E-state index is 11.8. The van der Waals surface area contributed by atoms with Gasteiger partial charge in [-0.2, -0.15) is 0 Å². The molecule has 0 radical (unpaired) electrons. The molecule has 0 spiro atoms. The fraction of sp³-hybridized carbons (Fsp3) is 0.267. The summed E-state index contributed by atoms with van der Waals surface area (Å²) in [7, 11) is 0. The Hall–Kier alpha value is -1.83. The lowest BCUT2D eigenvalue weighted by Crippen LogP contribution is -2.14. The molecule has 0 unspecified atom stereocenters. The number of cyclic esters (lactones) is 1. The highest BCUT2D eigenvalue weighted by atomic mass is 16.5. The third kappa shape index (κ3) is 1.37. The van der Waals surface area contributed by atoms with Crippen molar-refractivity contribution in [3.63, 3.8) is 0 Å². The molecule has 17 heavy (non-hydrogen) atoms. The summed E-state index contributed by atoms with van der Waals surface area (Å²) in [6.07, 6.45) is 5.87. The zero-order valence-electron chi connectivity index (χ0n) is 9.50. The molecule has 0 bridgehead atoms. The van der Waals surface area contributed by atoms with Gasteiger partial charge in [0, 0.05) is 11.8 Å². The number of hydrogen-bond donors (Lipinski definition) is 0. The number of benzene rings is 1. The zero-order valence-corrected chi connectivity index (χ0v) is 9.50. The van der Waals surface area contributed by atoms with Crippen molar-refractivity contribution in [2.75, 3.05) is 6.61 Å². The number of esters is 1. The molecular formula is C15H14O2. The van der Waals surface area contributed by atoms with Crippen molar-refractivity contribution in [3.05, 3.63) is 54.6 Å². The zero-order chi connectivity index (χ0) is 11.9. The van der Waals surface area contributed by atoms with Gasteiger partial charge in [-0.25, -0.2) is 0 Å². The standard InChI is InChI=1S/C15H14O2/c1-2-12-13-10-17-14(16)15(12,13)9-8-11-6-4-3-5-7-11/h2-9,12-13H,1,10H2/b9-8+/t12-,13-,15+/m1/s1. The van der Waals surface area contributed by atoms with Crippen LogP contribution in [0.2, 0.25) is 0 Å². The second-order valence-electron chi connectivity index (χ2n) is 4.64. The first-order valence-corrected chi connectivity index (χ1v) is 5.83. The van der Waals surface area contributed by atoms with Crippen LogP contribution < -0.4 is 0 Å². The lowest BCUT2D eigenvalue weighted by atomic mass is 10.0. The largest absolute Gasteiger partial charge is 0.465 e. The van der Waals surface area contributed by atoms with E-state index < -0.39 is 5.41 Å². The molecule has 2 aliphatic rings. The van der Waals surface area contributed by atoms with Gasteiger partial charge in [0.2, 0.25) is 0 Å². The van der Waals surface area contributed by atoms with Crippen molar-refractivity contribution < 1.29 is 9.53 Å². The topological polar surface area (TPSA) is 26.3 Å². The van der Waals surface area contributed by atoms with Crippen LogP contribution in [0.15, 0.2) is 49.1 Å². The number of allylic oxidation sites excluding steroid dienone is 1. The van der Waals surface area contributed by atoms with Gasteiger partial charge in [0.1, 0.15) is 0 Å². The minimum absolute atomic E-state index is 0.0976. The Kier molecular flexibility index (Phi) is 2.18. The molecule has 0 amide bonds. The normalized spacial score (nSPS) is 34.5. The number of fused-ring (bicyclic) bond motifs is 1. The Bertz CT molecular complexity index is 489. The Labute approximate surface area is 101 Å². The fourth-order valence-electron chi connectivity index (χ4n) is 2.79. The van der Waals surface area contributed by atoms with Crippen LogP contribution in [0.1, 0.15) is 5.56 Å². The monoisotopic (exact) mass is 226 g/mol. The maximum absolute atomic E-state index is 11.8. The fourth-order valence-corrected chi connectivity index (χ4v) is 2.79. The van der Waals surface area contributed by atoms with E-state index in [1.165, 1.54) is 0 Å². The molecule has 3 rings (SSSR count). The van der Waals surface area contributed by atoms with Crippen molar-refractivity contribution in [1.29, 1.82) is 0 Å². The van der Waals surface area contributed by atoms with E-state index in [1.807, 2.05) is 48.6 Å². The van der Waals surface area contributed by atoms with Gasteiger partial charge in [0.15, 0.2) is 0 Å². The SMILES string of the molecule is C=C[C@@H]1[C@H]2COC(=O)[C@@]12/C=C/c1ccccc1. The van der Waals surface area contributed by atoms with E-state index in [2.05, 4.69) is 6.58 Å². The van der Waals surface area contributed by atoms with Gasteiger partial charge >= 0.3 is 5.97 Å². The van der Waals surface area contributed by atoms with Gasteiger partial charge in [-0.15, -0.1) is 6.58 Å². The van der Waals surface area contributed by atoms with E-state index in [1.54, 1.807) is 0 Å². The smallest absolute Gasteiger partial charge is 0.317 e. The highest BCUT2D eigenvalue weighted by molar-refractivity contribution is 5.88. The lowest BCUT2D eigenvalue weighted by Gasteiger charge is -2.05. The van der Waals surface area contributed by atoms with Crippen molar-refractivity contribution in [2.45, 2.75) is 0 Å². The van der Waals surface area contributed by atoms with Crippen molar-refractivity contribution in [2.24, 2.45) is 17.3 Å². The summed E-state index contributed by atoms with van der Waals surface area (Å²) in [6.45, 7) is 4.33.